The third-order valence-electron chi connectivity index (χ3n) is 3.05. The summed E-state index contributed by atoms with van der Waals surface area (Å²) in [6.45, 7) is 5.99. The number of morpholine rings is 1. The topological polar surface area (TPSA) is 59.6 Å². The lowest BCUT2D eigenvalue weighted by molar-refractivity contribution is -0.132. The van der Waals surface area contributed by atoms with Crippen molar-refractivity contribution in [3.8, 4) is 0 Å². The minimum atomic E-state index is -0.208. The van der Waals surface area contributed by atoms with E-state index in [-0.39, 0.29) is 24.2 Å². The summed E-state index contributed by atoms with van der Waals surface area (Å²) in [6.07, 6.45) is -0.0345. The van der Waals surface area contributed by atoms with E-state index in [9.17, 15) is 4.79 Å². The average molecular weight is 313 g/mol. The van der Waals surface area contributed by atoms with Gasteiger partial charge in [0.25, 0.3) is 0 Å². The zero-order valence-electron chi connectivity index (χ0n) is 12.3. The molecule has 21 heavy (non-hydrogen) atoms. The molecular weight excluding hydrogens is 292 g/mol. The summed E-state index contributed by atoms with van der Waals surface area (Å²) in [5.41, 5.74) is 0.461. The van der Waals surface area contributed by atoms with E-state index in [0.717, 1.165) is 13.1 Å². The quantitative estimate of drug-likeness (QED) is 0.874. The number of hydrogen-bond acceptors (Lipinski definition) is 4. The van der Waals surface area contributed by atoms with Gasteiger partial charge < -0.3 is 20.1 Å². The molecule has 1 aromatic rings. The first-order valence-electron chi connectivity index (χ1n) is 6.96. The van der Waals surface area contributed by atoms with Crippen molar-refractivity contribution >= 4 is 23.2 Å². The monoisotopic (exact) mass is 312 g/mol. The molecule has 116 valence electrons. The SMILES string of the molecule is CC1(C)CNCC(COCC(=O)Nc2cccc(Cl)c2)O1. The van der Waals surface area contributed by atoms with Crippen molar-refractivity contribution in [1.82, 2.24) is 5.32 Å². The van der Waals surface area contributed by atoms with Gasteiger partial charge in [-0.15, -0.1) is 0 Å². The second kappa shape index (κ2) is 7.22. The third kappa shape index (κ3) is 5.63. The van der Waals surface area contributed by atoms with E-state index in [2.05, 4.69) is 10.6 Å². The number of halogens is 1. The summed E-state index contributed by atoms with van der Waals surface area (Å²) in [5.74, 6) is -0.208. The molecular formula is C15H21ClN2O3. The maximum atomic E-state index is 11.8. The molecule has 1 amide bonds. The minimum absolute atomic E-state index is 0.00714. The first-order valence-corrected chi connectivity index (χ1v) is 7.34. The Hall–Kier alpha value is -1.14. The van der Waals surface area contributed by atoms with Crippen LogP contribution in [0.5, 0.6) is 0 Å². The van der Waals surface area contributed by atoms with Gasteiger partial charge in [0.1, 0.15) is 6.61 Å². The van der Waals surface area contributed by atoms with E-state index in [1.807, 2.05) is 13.8 Å². The Morgan fingerprint density at radius 3 is 3.10 bits per heavy atom. The first kappa shape index (κ1) is 16.2. The maximum Gasteiger partial charge on any atom is 0.250 e. The van der Waals surface area contributed by atoms with Crippen LogP contribution in [0.2, 0.25) is 5.02 Å². The number of amides is 1. The van der Waals surface area contributed by atoms with Crippen LogP contribution in [0, 0.1) is 0 Å². The van der Waals surface area contributed by atoms with Crippen LogP contribution in [0.1, 0.15) is 13.8 Å². The van der Waals surface area contributed by atoms with E-state index in [1.165, 1.54) is 0 Å². The highest BCUT2D eigenvalue weighted by molar-refractivity contribution is 6.30. The molecule has 1 saturated heterocycles. The lowest BCUT2D eigenvalue weighted by atomic mass is 10.1. The fourth-order valence-corrected chi connectivity index (χ4v) is 2.40. The summed E-state index contributed by atoms with van der Waals surface area (Å²) >= 11 is 5.85. The summed E-state index contributed by atoms with van der Waals surface area (Å²) < 4.78 is 11.3. The fourth-order valence-electron chi connectivity index (χ4n) is 2.21. The molecule has 0 bridgehead atoms. The summed E-state index contributed by atoms with van der Waals surface area (Å²) in [7, 11) is 0. The molecule has 1 aromatic carbocycles. The van der Waals surface area contributed by atoms with Crippen LogP contribution >= 0.6 is 11.6 Å². The Kier molecular flexibility index (Phi) is 5.58. The number of anilines is 1. The van der Waals surface area contributed by atoms with Gasteiger partial charge in [0.05, 0.1) is 18.3 Å². The van der Waals surface area contributed by atoms with Gasteiger partial charge >= 0.3 is 0 Å². The Bertz CT molecular complexity index is 494. The van der Waals surface area contributed by atoms with Crippen LogP contribution < -0.4 is 10.6 Å². The van der Waals surface area contributed by atoms with Gasteiger partial charge in [-0.3, -0.25) is 4.79 Å². The molecule has 2 N–H and O–H groups in total. The van der Waals surface area contributed by atoms with Gasteiger partial charge in [0.2, 0.25) is 5.91 Å². The Morgan fingerprint density at radius 2 is 2.38 bits per heavy atom. The van der Waals surface area contributed by atoms with E-state index in [4.69, 9.17) is 21.1 Å². The van der Waals surface area contributed by atoms with E-state index < -0.39 is 0 Å². The third-order valence-corrected chi connectivity index (χ3v) is 3.29. The lowest BCUT2D eigenvalue weighted by Crippen LogP contribution is -2.52. The molecule has 0 spiro atoms. The van der Waals surface area contributed by atoms with Gasteiger partial charge in [-0.25, -0.2) is 0 Å². The molecule has 0 aromatic heterocycles. The lowest BCUT2D eigenvalue weighted by Gasteiger charge is -2.36. The van der Waals surface area contributed by atoms with Crippen molar-refractivity contribution in [2.45, 2.75) is 25.6 Å². The predicted octanol–water partition coefficient (Wildman–Crippen LogP) is 2.06. The molecule has 1 atom stereocenters. The molecule has 1 aliphatic rings. The summed E-state index contributed by atoms with van der Waals surface area (Å²) in [6, 6.07) is 7.00. The van der Waals surface area contributed by atoms with Gasteiger partial charge in [-0.1, -0.05) is 17.7 Å². The molecule has 1 unspecified atom stereocenters. The van der Waals surface area contributed by atoms with Gasteiger partial charge in [0.15, 0.2) is 0 Å². The van der Waals surface area contributed by atoms with Crippen molar-refractivity contribution in [2.75, 3.05) is 31.6 Å². The van der Waals surface area contributed by atoms with Crippen LogP contribution in [-0.2, 0) is 14.3 Å². The number of nitrogens with one attached hydrogen (secondary N) is 2. The number of rotatable bonds is 5. The van der Waals surface area contributed by atoms with Crippen LogP contribution in [0.15, 0.2) is 24.3 Å². The standard InChI is InChI=1S/C15H21ClN2O3/c1-15(2)10-17-7-13(21-15)8-20-9-14(19)18-12-5-3-4-11(16)6-12/h3-6,13,17H,7-10H2,1-2H3,(H,18,19). The number of carbonyl (C=O) groups excluding carboxylic acids is 1. The second-order valence-electron chi connectivity index (χ2n) is 5.70. The largest absolute Gasteiger partial charge is 0.369 e. The Morgan fingerprint density at radius 1 is 1.57 bits per heavy atom. The van der Waals surface area contributed by atoms with Gasteiger partial charge in [-0.2, -0.15) is 0 Å². The first-order chi connectivity index (χ1) is 9.94. The second-order valence-corrected chi connectivity index (χ2v) is 6.14. The summed E-state index contributed by atoms with van der Waals surface area (Å²) in [5, 5.41) is 6.60. The molecule has 1 aliphatic heterocycles. The molecule has 1 heterocycles. The molecule has 1 fully saturated rings. The van der Waals surface area contributed by atoms with Crippen LogP contribution in [0.4, 0.5) is 5.69 Å². The highest BCUT2D eigenvalue weighted by atomic mass is 35.5. The van der Waals surface area contributed by atoms with Crippen LogP contribution in [0.3, 0.4) is 0 Å². The molecule has 5 nitrogen and oxygen atoms in total. The van der Waals surface area contributed by atoms with Gasteiger partial charge in [0, 0.05) is 23.8 Å². The molecule has 0 saturated carbocycles. The van der Waals surface area contributed by atoms with Crippen molar-refractivity contribution in [3.63, 3.8) is 0 Å². The predicted molar refractivity (Wildman–Crippen MR) is 82.7 cm³/mol. The van der Waals surface area contributed by atoms with E-state index in [1.54, 1.807) is 24.3 Å². The number of carbonyl (C=O) groups is 1. The van der Waals surface area contributed by atoms with Crippen molar-refractivity contribution in [2.24, 2.45) is 0 Å². The normalized spacial score (nSPS) is 21.0. The number of hydrogen-bond donors (Lipinski definition) is 2. The zero-order chi connectivity index (χ0) is 15.3. The molecule has 0 radical (unpaired) electrons. The Labute approximate surface area is 130 Å². The molecule has 2 rings (SSSR count). The molecule has 6 heteroatoms. The van der Waals surface area contributed by atoms with Gasteiger partial charge in [-0.05, 0) is 32.0 Å². The maximum absolute atomic E-state index is 11.8. The highest BCUT2D eigenvalue weighted by Gasteiger charge is 2.28. The zero-order valence-corrected chi connectivity index (χ0v) is 13.1. The number of ether oxygens (including phenoxy) is 2. The van der Waals surface area contributed by atoms with Crippen LogP contribution in [0.25, 0.3) is 0 Å². The highest BCUT2D eigenvalue weighted by Crippen LogP contribution is 2.16. The van der Waals surface area contributed by atoms with Crippen LogP contribution in [-0.4, -0.2) is 43.9 Å². The fraction of sp³-hybridized carbons (Fsp3) is 0.533. The van der Waals surface area contributed by atoms with E-state index in [0.29, 0.717) is 17.3 Å². The minimum Gasteiger partial charge on any atom is -0.369 e. The average Bonchev–Trinajstić information content (AvgIpc) is 2.37. The van der Waals surface area contributed by atoms with Crippen molar-refractivity contribution in [1.29, 1.82) is 0 Å². The molecule has 0 aliphatic carbocycles. The van der Waals surface area contributed by atoms with E-state index >= 15 is 0 Å². The summed E-state index contributed by atoms with van der Waals surface area (Å²) in [4.78, 5) is 11.8. The van der Waals surface area contributed by atoms with Crippen molar-refractivity contribution < 1.29 is 14.3 Å². The number of benzene rings is 1. The Balaban J connectivity index is 1.70. The van der Waals surface area contributed by atoms with Crippen molar-refractivity contribution in [3.05, 3.63) is 29.3 Å². The smallest absolute Gasteiger partial charge is 0.250 e.